The second kappa shape index (κ2) is 8.96. The standard InChI is InChI=1S/C26H26BrNO/c27-18-9-8-17-26(25(29)28-19-16-20-10-2-1-3-11-20)23-14-6-4-12-21(23)22-13-5-7-15-24(22)26/h1-7,10-15H,8-9,16-19H2,(H,28,29). The van der Waals surface area contributed by atoms with Crippen molar-refractivity contribution in [3.8, 4) is 11.1 Å². The Labute approximate surface area is 181 Å². The van der Waals surface area contributed by atoms with Gasteiger partial charge in [-0.3, -0.25) is 4.79 Å². The highest BCUT2D eigenvalue weighted by atomic mass is 79.9. The van der Waals surface area contributed by atoms with Gasteiger partial charge in [-0.05, 0) is 47.1 Å². The van der Waals surface area contributed by atoms with E-state index in [9.17, 15) is 4.79 Å². The Morgan fingerprint density at radius 2 is 1.38 bits per heavy atom. The van der Waals surface area contributed by atoms with Crippen molar-refractivity contribution in [2.75, 3.05) is 11.9 Å². The van der Waals surface area contributed by atoms with Gasteiger partial charge in [0.25, 0.3) is 0 Å². The maximum atomic E-state index is 13.8. The third kappa shape index (κ3) is 3.76. The van der Waals surface area contributed by atoms with Crippen LogP contribution in [0.25, 0.3) is 11.1 Å². The number of nitrogens with one attached hydrogen (secondary N) is 1. The van der Waals surface area contributed by atoms with Crippen molar-refractivity contribution in [2.45, 2.75) is 31.1 Å². The summed E-state index contributed by atoms with van der Waals surface area (Å²) in [6.45, 7) is 0.646. The minimum atomic E-state index is -0.605. The summed E-state index contributed by atoms with van der Waals surface area (Å²) in [4.78, 5) is 13.8. The molecule has 3 heteroatoms. The Balaban J connectivity index is 1.66. The zero-order valence-electron chi connectivity index (χ0n) is 16.5. The van der Waals surface area contributed by atoms with E-state index in [2.05, 4.69) is 81.9 Å². The minimum absolute atomic E-state index is 0.125. The van der Waals surface area contributed by atoms with E-state index in [0.717, 1.165) is 42.1 Å². The molecule has 0 saturated carbocycles. The summed E-state index contributed by atoms with van der Waals surface area (Å²) < 4.78 is 0. The Kier molecular flexibility index (Phi) is 6.15. The number of alkyl halides is 1. The monoisotopic (exact) mass is 447 g/mol. The van der Waals surface area contributed by atoms with Crippen LogP contribution in [0.3, 0.4) is 0 Å². The molecule has 1 aliphatic rings. The second-order valence-corrected chi connectivity index (χ2v) is 8.43. The van der Waals surface area contributed by atoms with Crippen LogP contribution >= 0.6 is 15.9 Å². The summed E-state index contributed by atoms with van der Waals surface area (Å²) in [5.41, 5.74) is 5.32. The fourth-order valence-corrected chi connectivity index (χ4v) is 4.95. The fraction of sp³-hybridized carbons (Fsp3) is 0.269. The van der Waals surface area contributed by atoms with Gasteiger partial charge in [-0.25, -0.2) is 0 Å². The van der Waals surface area contributed by atoms with Crippen molar-refractivity contribution in [2.24, 2.45) is 0 Å². The van der Waals surface area contributed by atoms with E-state index in [0.29, 0.717) is 6.54 Å². The first-order chi connectivity index (χ1) is 14.3. The van der Waals surface area contributed by atoms with E-state index in [-0.39, 0.29) is 5.91 Å². The number of benzene rings is 3. The molecule has 0 unspecified atom stereocenters. The van der Waals surface area contributed by atoms with Crippen molar-refractivity contribution in [1.29, 1.82) is 0 Å². The van der Waals surface area contributed by atoms with Crippen LogP contribution in [0.5, 0.6) is 0 Å². The van der Waals surface area contributed by atoms with Crippen molar-refractivity contribution in [1.82, 2.24) is 5.32 Å². The number of halogens is 1. The zero-order chi connectivity index (χ0) is 20.1. The average Bonchev–Trinajstić information content (AvgIpc) is 3.06. The van der Waals surface area contributed by atoms with Gasteiger partial charge >= 0.3 is 0 Å². The molecule has 29 heavy (non-hydrogen) atoms. The molecule has 0 aliphatic heterocycles. The number of unbranched alkanes of at least 4 members (excludes halogenated alkanes) is 1. The number of fused-ring (bicyclic) bond motifs is 3. The fourth-order valence-electron chi connectivity index (χ4n) is 4.55. The second-order valence-electron chi connectivity index (χ2n) is 7.63. The molecule has 0 radical (unpaired) electrons. The van der Waals surface area contributed by atoms with Gasteiger partial charge in [-0.2, -0.15) is 0 Å². The molecule has 1 aliphatic carbocycles. The summed E-state index contributed by atoms with van der Waals surface area (Å²) in [6, 6.07) is 27.2. The van der Waals surface area contributed by atoms with Crippen LogP contribution in [-0.2, 0) is 16.6 Å². The van der Waals surface area contributed by atoms with Gasteiger partial charge < -0.3 is 5.32 Å². The predicted octanol–water partition coefficient (Wildman–Crippen LogP) is 5.88. The van der Waals surface area contributed by atoms with Crippen LogP contribution in [-0.4, -0.2) is 17.8 Å². The van der Waals surface area contributed by atoms with Crippen molar-refractivity contribution >= 4 is 21.8 Å². The lowest BCUT2D eigenvalue weighted by molar-refractivity contribution is -0.125. The van der Waals surface area contributed by atoms with E-state index in [1.165, 1.54) is 16.7 Å². The third-order valence-corrected chi connectivity index (χ3v) is 6.49. The Hall–Kier alpha value is -2.39. The molecule has 0 spiro atoms. The summed E-state index contributed by atoms with van der Waals surface area (Å²) >= 11 is 3.54. The van der Waals surface area contributed by atoms with Crippen LogP contribution in [0.2, 0.25) is 0 Å². The van der Waals surface area contributed by atoms with Crippen molar-refractivity contribution in [3.05, 3.63) is 95.6 Å². The molecule has 2 nitrogen and oxygen atoms in total. The van der Waals surface area contributed by atoms with Gasteiger partial charge in [0, 0.05) is 11.9 Å². The first kappa shape index (κ1) is 19.9. The quantitative estimate of drug-likeness (QED) is 0.339. The summed E-state index contributed by atoms with van der Waals surface area (Å²) in [7, 11) is 0. The van der Waals surface area contributed by atoms with Crippen molar-refractivity contribution < 1.29 is 4.79 Å². The van der Waals surface area contributed by atoms with E-state index in [4.69, 9.17) is 0 Å². The molecule has 3 aromatic rings. The number of hydrogen-bond donors (Lipinski definition) is 1. The van der Waals surface area contributed by atoms with Gasteiger partial charge in [0.1, 0.15) is 5.41 Å². The molecule has 0 bridgehead atoms. The van der Waals surface area contributed by atoms with Crippen molar-refractivity contribution in [3.63, 3.8) is 0 Å². The third-order valence-electron chi connectivity index (χ3n) is 5.93. The number of amides is 1. The van der Waals surface area contributed by atoms with Crippen LogP contribution in [0.4, 0.5) is 0 Å². The molecule has 0 aromatic heterocycles. The van der Waals surface area contributed by atoms with Crippen LogP contribution in [0.1, 0.15) is 36.0 Å². The van der Waals surface area contributed by atoms with E-state index < -0.39 is 5.41 Å². The lowest BCUT2D eigenvalue weighted by Gasteiger charge is -2.31. The Bertz CT molecular complexity index is 937. The van der Waals surface area contributed by atoms with Gasteiger partial charge in [-0.1, -0.05) is 101 Å². The van der Waals surface area contributed by atoms with E-state index >= 15 is 0 Å². The van der Waals surface area contributed by atoms with Gasteiger partial charge in [-0.15, -0.1) is 0 Å². The SMILES string of the molecule is O=C(NCCc1ccccc1)C1(CCCCBr)c2ccccc2-c2ccccc21. The number of hydrogen-bond acceptors (Lipinski definition) is 1. The number of carbonyl (C=O) groups is 1. The topological polar surface area (TPSA) is 29.1 Å². The Morgan fingerprint density at radius 1 is 0.793 bits per heavy atom. The maximum Gasteiger partial charge on any atom is 0.235 e. The van der Waals surface area contributed by atoms with Gasteiger partial charge in [0.05, 0.1) is 0 Å². The molecule has 1 N–H and O–H groups in total. The Morgan fingerprint density at radius 3 is 2.00 bits per heavy atom. The molecular weight excluding hydrogens is 422 g/mol. The van der Waals surface area contributed by atoms with Gasteiger partial charge in [0.15, 0.2) is 0 Å². The largest absolute Gasteiger partial charge is 0.355 e. The smallest absolute Gasteiger partial charge is 0.235 e. The highest BCUT2D eigenvalue weighted by Crippen LogP contribution is 2.51. The summed E-state index contributed by atoms with van der Waals surface area (Å²) in [6.07, 6.45) is 3.72. The molecule has 148 valence electrons. The molecule has 0 fully saturated rings. The van der Waals surface area contributed by atoms with E-state index in [1.807, 2.05) is 18.2 Å². The summed E-state index contributed by atoms with van der Waals surface area (Å²) in [5, 5.41) is 4.23. The first-order valence-electron chi connectivity index (χ1n) is 10.3. The number of rotatable bonds is 8. The van der Waals surface area contributed by atoms with Crippen LogP contribution in [0.15, 0.2) is 78.9 Å². The van der Waals surface area contributed by atoms with Crippen LogP contribution < -0.4 is 5.32 Å². The zero-order valence-corrected chi connectivity index (χ0v) is 18.1. The van der Waals surface area contributed by atoms with E-state index in [1.54, 1.807) is 0 Å². The van der Waals surface area contributed by atoms with Crippen LogP contribution in [0, 0.1) is 0 Å². The molecular formula is C26H26BrNO. The molecule has 0 heterocycles. The molecule has 1 amide bonds. The average molecular weight is 448 g/mol. The first-order valence-corrected chi connectivity index (χ1v) is 11.5. The lowest BCUT2D eigenvalue weighted by atomic mass is 9.73. The normalized spacial score (nSPS) is 13.6. The molecule has 0 saturated heterocycles. The summed E-state index contributed by atoms with van der Waals surface area (Å²) in [5.74, 6) is 0.125. The minimum Gasteiger partial charge on any atom is -0.355 e. The molecule has 0 atom stereocenters. The lowest BCUT2D eigenvalue weighted by Crippen LogP contribution is -2.45. The highest BCUT2D eigenvalue weighted by molar-refractivity contribution is 9.09. The molecule has 4 rings (SSSR count). The number of carbonyl (C=O) groups excluding carboxylic acids is 1. The predicted molar refractivity (Wildman–Crippen MR) is 123 cm³/mol. The molecule has 3 aromatic carbocycles. The van der Waals surface area contributed by atoms with Gasteiger partial charge in [0.2, 0.25) is 5.91 Å². The maximum absolute atomic E-state index is 13.8. The highest BCUT2D eigenvalue weighted by Gasteiger charge is 2.48.